The number of benzene rings is 2. The summed E-state index contributed by atoms with van der Waals surface area (Å²) < 4.78 is 0. The largest absolute Gasteiger partial charge is 0.0651 e. The molecule has 0 aromatic heterocycles. The summed E-state index contributed by atoms with van der Waals surface area (Å²) in [6, 6.07) is 16.7. The molecule has 0 N–H and O–H groups in total. The fraction of sp³-hybridized carbons (Fsp3) is 0.222. The number of hydrogen-bond acceptors (Lipinski definition) is 0. The van der Waals surface area contributed by atoms with Gasteiger partial charge in [-0.15, -0.1) is 0 Å². The molecule has 0 atom stereocenters. The molecule has 0 spiro atoms. The molecule has 0 fully saturated rings. The Bertz CT molecular complexity index is 582. The Morgan fingerprint density at radius 2 is 1.44 bits per heavy atom. The van der Waals surface area contributed by atoms with Gasteiger partial charge in [-0.3, -0.25) is 0 Å². The van der Waals surface area contributed by atoms with Crippen molar-refractivity contribution in [3.63, 3.8) is 0 Å². The van der Waals surface area contributed by atoms with Gasteiger partial charge in [-0.1, -0.05) is 61.6 Å². The second-order valence-electron chi connectivity index (χ2n) is 4.47. The first-order valence-corrected chi connectivity index (χ1v) is 6.47. The molecule has 0 saturated heterocycles. The normalized spacial score (nSPS) is 9.67. The molecule has 0 heteroatoms. The van der Waals surface area contributed by atoms with Gasteiger partial charge >= 0.3 is 0 Å². The van der Waals surface area contributed by atoms with Crippen molar-refractivity contribution in [2.24, 2.45) is 0 Å². The fourth-order valence-corrected chi connectivity index (χ4v) is 1.98. The van der Waals surface area contributed by atoms with E-state index in [-0.39, 0.29) is 0 Å². The smallest absolute Gasteiger partial charge is 0.0281 e. The van der Waals surface area contributed by atoms with Crippen LogP contribution in [0.1, 0.15) is 35.6 Å². The van der Waals surface area contributed by atoms with Crippen LogP contribution in [0.3, 0.4) is 0 Å². The van der Waals surface area contributed by atoms with Crippen LogP contribution >= 0.6 is 0 Å². The van der Waals surface area contributed by atoms with E-state index in [1.54, 1.807) is 0 Å². The third-order valence-electron chi connectivity index (χ3n) is 3.01. The Balaban J connectivity index is 2.33. The van der Waals surface area contributed by atoms with Crippen LogP contribution in [0.25, 0.3) is 0 Å². The van der Waals surface area contributed by atoms with Gasteiger partial charge < -0.3 is 0 Å². The highest BCUT2D eigenvalue weighted by Gasteiger charge is 1.97. The standard InChI is InChI=1S/C18H18/c1-3-8-17-11-6-7-12-18(17)14-13-16-10-5-4-9-15(16)2/h4-7,9-12H,3,8H2,1-2H3. The van der Waals surface area contributed by atoms with E-state index in [9.17, 15) is 0 Å². The van der Waals surface area contributed by atoms with Crippen LogP contribution in [0.4, 0.5) is 0 Å². The van der Waals surface area contributed by atoms with Crippen molar-refractivity contribution in [1.29, 1.82) is 0 Å². The van der Waals surface area contributed by atoms with Gasteiger partial charge in [0.05, 0.1) is 0 Å². The van der Waals surface area contributed by atoms with Gasteiger partial charge in [0.1, 0.15) is 0 Å². The maximum absolute atomic E-state index is 3.31. The third-order valence-corrected chi connectivity index (χ3v) is 3.01. The van der Waals surface area contributed by atoms with Crippen LogP contribution < -0.4 is 0 Å². The average molecular weight is 234 g/mol. The highest BCUT2D eigenvalue weighted by atomic mass is 14.0. The molecule has 2 rings (SSSR count). The molecule has 0 aliphatic carbocycles. The molecule has 90 valence electrons. The van der Waals surface area contributed by atoms with Gasteiger partial charge in [-0.05, 0) is 36.6 Å². The van der Waals surface area contributed by atoms with E-state index in [0.717, 1.165) is 24.0 Å². The second-order valence-corrected chi connectivity index (χ2v) is 4.47. The summed E-state index contributed by atoms with van der Waals surface area (Å²) in [5.41, 5.74) is 4.85. The Morgan fingerprint density at radius 1 is 0.833 bits per heavy atom. The summed E-state index contributed by atoms with van der Waals surface area (Å²) in [6.07, 6.45) is 2.25. The Kier molecular flexibility index (Phi) is 4.20. The summed E-state index contributed by atoms with van der Waals surface area (Å²) >= 11 is 0. The zero-order chi connectivity index (χ0) is 12.8. The predicted molar refractivity (Wildman–Crippen MR) is 77.6 cm³/mol. The molecule has 2 aromatic rings. The van der Waals surface area contributed by atoms with Crippen molar-refractivity contribution in [2.75, 3.05) is 0 Å². The number of hydrogen-bond donors (Lipinski definition) is 0. The minimum Gasteiger partial charge on any atom is -0.0651 e. The van der Waals surface area contributed by atoms with Crippen molar-refractivity contribution in [1.82, 2.24) is 0 Å². The first-order chi connectivity index (χ1) is 8.81. The highest BCUT2D eigenvalue weighted by Crippen LogP contribution is 2.11. The van der Waals surface area contributed by atoms with Gasteiger partial charge in [-0.2, -0.15) is 0 Å². The van der Waals surface area contributed by atoms with E-state index in [0.29, 0.717) is 0 Å². The Hall–Kier alpha value is -2.00. The molecule has 0 nitrogen and oxygen atoms in total. The predicted octanol–water partition coefficient (Wildman–Crippen LogP) is 4.35. The van der Waals surface area contributed by atoms with Crippen LogP contribution in [0.2, 0.25) is 0 Å². The average Bonchev–Trinajstić information content (AvgIpc) is 2.40. The molecule has 0 saturated carbocycles. The topological polar surface area (TPSA) is 0 Å². The van der Waals surface area contributed by atoms with Crippen LogP contribution in [0.5, 0.6) is 0 Å². The number of rotatable bonds is 2. The van der Waals surface area contributed by atoms with Gasteiger partial charge in [0, 0.05) is 11.1 Å². The van der Waals surface area contributed by atoms with Crippen molar-refractivity contribution < 1.29 is 0 Å². The summed E-state index contributed by atoms with van der Waals surface area (Å²) in [5, 5.41) is 0. The van der Waals surface area contributed by atoms with Crippen molar-refractivity contribution >= 4 is 0 Å². The monoisotopic (exact) mass is 234 g/mol. The Labute approximate surface area is 110 Å². The minimum absolute atomic E-state index is 1.10. The van der Waals surface area contributed by atoms with Gasteiger partial charge in [-0.25, -0.2) is 0 Å². The SMILES string of the molecule is CCCc1ccccc1C#Cc1ccccc1C. The molecule has 0 aliphatic heterocycles. The van der Waals surface area contributed by atoms with Crippen molar-refractivity contribution in [2.45, 2.75) is 26.7 Å². The minimum atomic E-state index is 1.10. The van der Waals surface area contributed by atoms with Crippen LogP contribution in [-0.2, 0) is 6.42 Å². The Morgan fingerprint density at radius 3 is 2.17 bits per heavy atom. The zero-order valence-corrected chi connectivity index (χ0v) is 11.0. The molecular weight excluding hydrogens is 216 g/mol. The first-order valence-electron chi connectivity index (χ1n) is 6.47. The van der Waals surface area contributed by atoms with E-state index in [1.807, 2.05) is 12.1 Å². The number of aryl methyl sites for hydroxylation is 2. The molecule has 0 radical (unpaired) electrons. The summed E-state index contributed by atoms with van der Waals surface area (Å²) in [7, 11) is 0. The van der Waals surface area contributed by atoms with E-state index in [4.69, 9.17) is 0 Å². The van der Waals surface area contributed by atoms with Gasteiger partial charge in [0.15, 0.2) is 0 Å². The molecular formula is C18H18. The molecule has 2 aromatic carbocycles. The van der Waals surface area contributed by atoms with E-state index < -0.39 is 0 Å². The van der Waals surface area contributed by atoms with Crippen molar-refractivity contribution in [3.8, 4) is 11.8 Å². The molecule has 0 heterocycles. The van der Waals surface area contributed by atoms with Crippen LogP contribution in [-0.4, -0.2) is 0 Å². The molecule has 0 bridgehead atoms. The summed E-state index contributed by atoms with van der Waals surface area (Å²) in [4.78, 5) is 0. The van der Waals surface area contributed by atoms with Crippen LogP contribution in [0, 0.1) is 18.8 Å². The molecule has 0 aliphatic rings. The highest BCUT2D eigenvalue weighted by molar-refractivity contribution is 5.48. The summed E-state index contributed by atoms with van der Waals surface area (Å²) in [5.74, 6) is 6.58. The summed E-state index contributed by atoms with van der Waals surface area (Å²) in [6.45, 7) is 4.30. The fourth-order valence-electron chi connectivity index (χ4n) is 1.98. The molecule has 0 amide bonds. The first kappa shape index (κ1) is 12.5. The van der Waals surface area contributed by atoms with Crippen LogP contribution in [0.15, 0.2) is 48.5 Å². The maximum atomic E-state index is 3.31. The lowest BCUT2D eigenvalue weighted by Gasteiger charge is -2.01. The maximum Gasteiger partial charge on any atom is 0.0281 e. The quantitative estimate of drug-likeness (QED) is 0.678. The second kappa shape index (κ2) is 6.07. The van der Waals surface area contributed by atoms with Gasteiger partial charge in [0.25, 0.3) is 0 Å². The van der Waals surface area contributed by atoms with Gasteiger partial charge in [0.2, 0.25) is 0 Å². The lowest BCUT2D eigenvalue weighted by Crippen LogP contribution is -1.88. The lowest BCUT2D eigenvalue weighted by atomic mass is 10.0. The molecule has 18 heavy (non-hydrogen) atoms. The van der Waals surface area contributed by atoms with E-state index in [2.05, 4.69) is 62.1 Å². The zero-order valence-electron chi connectivity index (χ0n) is 11.0. The molecule has 0 unspecified atom stereocenters. The third kappa shape index (κ3) is 3.02. The van der Waals surface area contributed by atoms with E-state index >= 15 is 0 Å². The lowest BCUT2D eigenvalue weighted by molar-refractivity contribution is 0.919. The van der Waals surface area contributed by atoms with Crippen molar-refractivity contribution in [3.05, 3.63) is 70.8 Å². The van der Waals surface area contributed by atoms with E-state index in [1.165, 1.54) is 11.1 Å².